The van der Waals surface area contributed by atoms with E-state index in [0.29, 0.717) is 19.4 Å². The van der Waals surface area contributed by atoms with Gasteiger partial charge in [0.1, 0.15) is 0 Å². The fraction of sp³-hybridized carbons (Fsp3) is 0.600. The lowest BCUT2D eigenvalue weighted by molar-refractivity contribution is -0.143. The Morgan fingerprint density at radius 1 is 1.04 bits per heavy atom. The summed E-state index contributed by atoms with van der Waals surface area (Å²) in [5.74, 6) is 0.130. The van der Waals surface area contributed by atoms with Crippen LogP contribution < -0.4 is 0 Å². The minimum absolute atomic E-state index is 0.117. The lowest BCUT2D eigenvalue weighted by Gasteiger charge is -2.31. The second kappa shape index (κ2) is 10.2. The highest BCUT2D eigenvalue weighted by Gasteiger charge is 2.17. The number of rotatable bonds is 11. The number of nitrogens with zero attached hydrogens (tertiary/aromatic N) is 1. The molecule has 24 heavy (non-hydrogen) atoms. The number of unbranched alkanes of at least 4 members (excludes halogenated alkanes) is 3. The summed E-state index contributed by atoms with van der Waals surface area (Å²) < 4.78 is 4.91. The van der Waals surface area contributed by atoms with Gasteiger partial charge in [0.15, 0.2) is 5.78 Å². The number of carbonyl (C=O) groups is 2. The molecule has 4 nitrogen and oxygen atoms in total. The minimum Gasteiger partial charge on any atom is -0.466 e. The Morgan fingerprint density at radius 2 is 1.75 bits per heavy atom. The van der Waals surface area contributed by atoms with Crippen molar-refractivity contribution in [3.05, 3.63) is 35.4 Å². The molecule has 2 rings (SSSR count). The normalized spacial score (nSPS) is 14.2. The van der Waals surface area contributed by atoms with Gasteiger partial charge in [-0.1, -0.05) is 37.1 Å². The van der Waals surface area contributed by atoms with Crippen molar-refractivity contribution >= 4 is 11.8 Å². The van der Waals surface area contributed by atoms with Crippen LogP contribution in [-0.2, 0) is 16.1 Å². The van der Waals surface area contributed by atoms with E-state index in [4.69, 9.17) is 4.74 Å². The molecule has 1 aliphatic heterocycles. The van der Waals surface area contributed by atoms with Gasteiger partial charge in [0.05, 0.1) is 6.61 Å². The van der Waals surface area contributed by atoms with Crippen molar-refractivity contribution in [2.24, 2.45) is 0 Å². The van der Waals surface area contributed by atoms with Crippen molar-refractivity contribution in [2.45, 2.75) is 58.4 Å². The molecule has 1 aromatic carbocycles. The molecule has 1 heterocycles. The summed E-state index contributed by atoms with van der Waals surface area (Å²) in [6.07, 6.45) is 6.04. The lowest BCUT2D eigenvalue weighted by Crippen LogP contribution is -2.36. The van der Waals surface area contributed by atoms with Crippen molar-refractivity contribution < 1.29 is 14.3 Å². The van der Waals surface area contributed by atoms with Crippen molar-refractivity contribution in [1.82, 2.24) is 4.90 Å². The van der Waals surface area contributed by atoms with Crippen LogP contribution in [0.3, 0.4) is 0 Å². The predicted molar refractivity (Wildman–Crippen MR) is 95.0 cm³/mol. The molecule has 0 bridgehead atoms. The van der Waals surface area contributed by atoms with E-state index >= 15 is 0 Å². The summed E-state index contributed by atoms with van der Waals surface area (Å²) in [5, 5.41) is 0. The molecule has 0 aliphatic carbocycles. The first-order chi connectivity index (χ1) is 11.7. The molecular formula is C20H29NO3. The number of likely N-dealkylation sites (tertiary alicyclic amines) is 1. The van der Waals surface area contributed by atoms with Crippen LogP contribution in [0.5, 0.6) is 0 Å². The van der Waals surface area contributed by atoms with E-state index in [1.54, 1.807) is 0 Å². The molecule has 4 heteroatoms. The first-order valence-electron chi connectivity index (χ1n) is 9.19. The standard InChI is InChI=1S/C20H29NO3/c1-2-24-20(23)13-6-4-3-5-12-19(22)18-11-8-7-10-17(18)16-21-14-9-15-21/h7-8,10-11H,2-6,9,12-16H2,1H3. The topological polar surface area (TPSA) is 46.6 Å². The van der Waals surface area contributed by atoms with E-state index < -0.39 is 0 Å². The van der Waals surface area contributed by atoms with Gasteiger partial charge < -0.3 is 4.74 Å². The summed E-state index contributed by atoms with van der Waals surface area (Å²) in [4.78, 5) is 26.1. The lowest BCUT2D eigenvalue weighted by atomic mass is 9.98. The first kappa shape index (κ1) is 18.7. The number of ether oxygens (including phenoxy) is 1. The maximum atomic E-state index is 12.5. The number of carbonyl (C=O) groups excluding carboxylic acids is 2. The molecular weight excluding hydrogens is 302 g/mol. The molecule has 0 N–H and O–H groups in total. The largest absolute Gasteiger partial charge is 0.466 e. The fourth-order valence-corrected chi connectivity index (χ4v) is 2.99. The van der Waals surface area contributed by atoms with Crippen LogP contribution in [0.2, 0.25) is 0 Å². The van der Waals surface area contributed by atoms with Gasteiger partial charge in [0, 0.05) is 24.9 Å². The molecule has 1 fully saturated rings. The maximum absolute atomic E-state index is 12.5. The molecule has 0 atom stereocenters. The average Bonchev–Trinajstić information content (AvgIpc) is 2.54. The Balaban J connectivity index is 1.68. The average molecular weight is 331 g/mol. The van der Waals surface area contributed by atoms with Crippen molar-refractivity contribution in [2.75, 3.05) is 19.7 Å². The summed E-state index contributed by atoms with van der Waals surface area (Å²) in [6.45, 7) is 5.45. The van der Waals surface area contributed by atoms with Crippen LogP contribution in [0.1, 0.15) is 67.8 Å². The van der Waals surface area contributed by atoms with Crippen molar-refractivity contribution in [1.29, 1.82) is 0 Å². The molecule has 1 saturated heterocycles. The molecule has 0 aromatic heterocycles. The molecule has 0 saturated carbocycles. The van der Waals surface area contributed by atoms with Crippen LogP contribution in [0.4, 0.5) is 0 Å². The zero-order valence-electron chi connectivity index (χ0n) is 14.8. The van der Waals surface area contributed by atoms with E-state index in [9.17, 15) is 9.59 Å². The highest BCUT2D eigenvalue weighted by atomic mass is 16.5. The molecule has 1 aromatic rings. The van der Waals surface area contributed by atoms with Gasteiger partial charge in [0.2, 0.25) is 0 Å². The van der Waals surface area contributed by atoms with E-state index in [-0.39, 0.29) is 11.8 Å². The van der Waals surface area contributed by atoms with E-state index in [1.807, 2.05) is 25.1 Å². The van der Waals surface area contributed by atoms with Gasteiger partial charge in [0.25, 0.3) is 0 Å². The third kappa shape index (κ3) is 6.08. The molecule has 0 spiro atoms. The number of hydrogen-bond donors (Lipinski definition) is 0. The van der Waals surface area contributed by atoms with Crippen LogP contribution in [-0.4, -0.2) is 36.3 Å². The van der Waals surface area contributed by atoms with Gasteiger partial charge in [-0.3, -0.25) is 14.5 Å². The summed E-state index contributed by atoms with van der Waals surface area (Å²) >= 11 is 0. The molecule has 132 valence electrons. The van der Waals surface area contributed by atoms with Gasteiger partial charge >= 0.3 is 5.97 Å². The van der Waals surface area contributed by atoms with Crippen LogP contribution >= 0.6 is 0 Å². The maximum Gasteiger partial charge on any atom is 0.305 e. The molecule has 1 aliphatic rings. The first-order valence-corrected chi connectivity index (χ1v) is 9.19. The summed E-state index contributed by atoms with van der Waals surface area (Å²) in [7, 11) is 0. The SMILES string of the molecule is CCOC(=O)CCCCCCC(=O)c1ccccc1CN1CCC1. The number of ketones is 1. The molecule has 0 radical (unpaired) electrons. The van der Waals surface area contributed by atoms with Crippen LogP contribution in [0.25, 0.3) is 0 Å². The Hall–Kier alpha value is -1.68. The number of benzene rings is 1. The predicted octanol–water partition coefficient (Wildman–Crippen LogP) is 3.98. The number of Topliss-reactive ketones (excluding diaryl/α,β-unsaturated/α-hetero) is 1. The summed E-state index contributed by atoms with van der Waals surface area (Å²) in [6, 6.07) is 8.00. The smallest absolute Gasteiger partial charge is 0.305 e. The summed E-state index contributed by atoms with van der Waals surface area (Å²) in [5.41, 5.74) is 2.04. The van der Waals surface area contributed by atoms with E-state index in [1.165, 1.54) is 6.42 Å². The Labute approximate surface area is 145 Å². The van der Waals surface area contributed by atoms with Gasteiger partial charge in [-0.2, -0.15) is 0 Å². The number of hydrogen-bond acceptors (Lipinski definition) is 4. The molecule has 0 unspecified atom stereocenters. The van der Waals surface area contributed by atoms with Crippen molar-refractivity contribution in [3.8, 4) is 0 Å². The fourth-order valence-electron chi connectivity index (χ4n) is 2.99. The van der Waals surface area contributed by atoms with Crippen molar-refractivity contribution in [3.63, 3.8) is 0 Å². The highest BCUT2D eigenvalue weighted by Crippen LogP contribution is 2.18. The quantitative estimate of drug-likeness (QED) is 0.349. The third-order valence-corrected chi connectivity index (χ3v) is 4.50. The zero-order chi connectivity index (χ0) is 17.2. The number of esters is 1. The van der Waals surface area contributed by atoms with Crippen LogP contribution in [0, 0.1) is 0 Å². The molecule has 0 amide bonds. The van der Waals surface area contributed by atoms with Crippen LogP contribution in [0.15, 0.2) is 24.3 Å². The second-order valence-electron chi connectivity index (χ2n) is 6.43. The van der Waals surface area contributed by atoms with E-state index in [2.05, 4.69) is 11.0 Å². The van der Waals surface area contributed by atoms with Gasteiger partial charge in [-0.15, -0.1) is 0 Å². The van der Waals surface area contributed by atoms with Gasteiger partial charge in [-0.05, 0) is 44.8 Å². The van der Waals surface area contributed by atoms with E-state index in [0.717, 1.165) is 56.4 Å². The monoisotopic (exact) mass is 331 g/mol. The zero-order valence-corrected chi connectivity index (χ0v) is 14.8. The third-order valence-electron chi connectivity index (χ3n) is 4.50. The Morgan fingerprint density at radius 3 is 2.42 bits per heavy atom. The van der Waals surface area contributed by atoms with Gasteiger partial charge in [-0.25, -0.2) is 0 Å². The Bertz CT molecular complexity index is 537. The minimum atomic E-state index is -0.117. The Kier molecular flexibility index (Phi) is 7.96. The highest BCUT2D eigenvalue weighted by molar-refractivity contribution is 5.97. The second-order valence-corrected chi connectivity index (χ2v) is 6.43.